The van der Waals surface area contributed by atoms with E-state index in [0.717, 1.165) is 5.69 Å². The van der Waals surface area contributed by atoms with Crippen molar-refractivity contribution in [3.63, 3.8) is 0 Å². The number of rotatable bonds is 2. The summed E-state index contributed by atoms with van der Waals surface area (Å²) in [5, 5.41) is 2.11. The Balaban J connectivity index is 0.00000121. The van der Waals surface area contributed by atoms with Crippen molar-refractivity contribution in [1.82, 2.24) is 9.88 Å². The van der Waals surface area contributed by atoms with Gasteiger partial charge in [-0.15, -0.1) is 28.3 Å². The highest BCUT2D eigenvalue weighted by atomic mass is 79.9. The Morgan fingerprint density at radius 1 is 1.15 bits per heavy atom. The quantitative estimate of drug-likeness (QED) is 0.809. The maximum Gasteiger partial charge on any atom is 0.0801 e. The van der Waals surface area contributed by atoms with Gasteiger partial charge in [0.1, 0.15) is 0 Å². The summed E-state index contributed by atoms with van der Waals surface area (Å²) in [4.78, 5) is 8.57. The predicted molar refractivity (Wildman–Crippen MR) is 89.8 cm³/mol. The SMILES string of the molecule is Br.c1csc(-c2ccc(C34CCCN(CC3)C4)cn2)c1. The lowest BCUT2D eigenvalue weighted by molar-refractivity contribution is 0.243. The van der Waals surface area contributed by atoms with Crippen molar-refractivity contribution in [3.05, 3.63) is 41.4 Å². The second-order valence-corrected chi connectivity index (χ2v) is 6.77. The number of aromatic nitrogens is 1. The number of pyridine rings is 1. The lowest BCUT2D eigenvalue weighted by atomic mass is 9.75. The Morgan fingerprint density at radius 3 is 2.85 bits per heavy atom. The molecule has 2 atom stereocenters. The van der Waals surface area contributed by atoms with Gasteiger partial charge in [0.2, 0.25) is 0 Å². The Hall–Kier alpha value is -0.710. The summed E-state index contributed by atoms with van der Waals surface area (Å²) in [5.41, 5.74) is 2.97. The Bertz CT molecular complexity index is 563. The normalized spacial score (nSPS) is 28.1. The molecule has 0 radical (unpaired) electrons. The third kappa shape index (κ3) is 2.34. The molecule has 2 aromatic heterocycles. The van der Waals surface area contributed by atoms with E-state index in [4.69, 9.17) is 4.98 Å². The first-order valence-electron chi connectivity index (χ1n) is 7.09. The van der Waals surface area contributed by atoms with E-state index < -0.39 is 0 Å². The second kappa shape index (κ2) is 5.58. The molecule has 2 aromatic rings. The van der Waals surface area contributed by atoms with Gasteiger partial charge in [-0.05, 0) is 55.4 Å². The maximum absolute atomic E-state index is 4.70. The fourth-order valence-electron chi connectivity index (χ4n) is 3.65. The average molecular weight is 351 g/mol. The number of nitrogens with zero attached hydrogens (tertiary/aromatic N) is 2. The van der Waals surface area contributed by atoms with E-state index >= 15 is 0 Å². The fraction of sp³-hybridized carbons (Fsp3) is 0.438. The van der Waals surface area contributed by atoms with Crippen LogP contribution >= 0.6 is 28.3 Å². The third-order valence-electron chi connectivity index (χ3n) is 4.71. The fourth-order valence-corrected chi connectivity index (χ4v) is 4.35. The molecule has 2 aliphatic rings. The molecule has 2 fully saturated rings. The third-order valence-corrected chi connectivity index (χ3v) is 5.60. The van der Waals surface area contributed by atoms with E-state index in [-0.39, 0.29) is 17.0 Å². The lowest BCUT2D eigenvalue weighted by Crippen LogP contribution is -2.36. The van der Waals surface area contributed by atoms with E-state index in [2.05, 4.69) is 40.7 Å². The molecular formula is C16H19BrN2S. The maximum atomic E-state index is 4.70. The van der Waals surface area contributed by atoms with E-state index in [0.29, 0.717) is 5.41 Å². The molecular weight excluding hydrogens is 332 g/mol. The van der Waals surface area contributed by atoms with Crippen molar-refractivity contribution in [1.29, 1.82) is 0 Å². The molecule has 0 N–H and O–H groups in total. The highest BCUT2D eigenvalue weighted by Crippen LogP contribution is 2.42. The van der Waals surface area contributed by atoms with Gasteiger partial charge in [0, 0.05) is 18.2 Å². The monoisotopic (exact) mass is 350 g/mol. The molecule has 106 valence electrons. The summed E-state index contributed by atoms with van der Waals surface area (Å²) in [7, 11) is 0. The van der Waals surface area contributed by atoms with Gasteiger partial charge in [-0.3, -0.25) is 4.98 Å². The molecule has 2 aliphatic heterocycles. The zero-order valence-corrected chi connectivity index (χ0v) is 13.9. The van der Waals surface area contributed by atoms with Crippen LogP contribution in [0.1, 0.15) is 24.8 Å². The molecule has 2 saturated heterocycles. The van der Waals surface area contributed by atoms with E-state index in [9.17, 15) is 0 Å². The zero-order valence-electron chi connectivity index (χ0n) is 11.4. The molecule has 0 saturated carbocycles. The van der Waals surface area contributed by atoms with Gasteiger partial charge in [0.15, 0.2) is 0 Å². The molecule has 2 unspecified atom stereocenters. The van der Waals surface area contributed by atoms with Gasteiger partial charge in [-0.25, -0.2) is 0 Å². The van der Waals surface area contributed by atoms with Gasteiger partial charge >= 0.3 is 0 Å². The van der Waals surface area contributed by atoms with Gasteiger partial charge in [0.25, 0.3) is 0 Å². The highest BCUT2D eigenvalue weighted by molar-refractivity contribution is 8.93. The van der Waals surface area contributed by atoms with Crippen LogP contribution in [0.15, 0.2) is 35.8 Å². The van der Waals surface area contributed by atoms with Crippen LogP contribution in [-0.4, -0.2) is 29.5 Å². The van der Waals surface area contributed by atoms with Crippen molar-refractivity contribution in [2.24, 2.45) is 0 Å². The molecule has 20 heavy (non-hydrogen) atoms. The number of hydrogen-bond acceptors (Lipinski definition) is 3. The molecule has 2 nitrogen and oxygen atoms in total. The van der Waals surface area contributed by atoms with Crippen LogP contribution in [0.2, 0.25) is 0 Å². The summed E-state index contributed by atoms with van der Waals surface area (Å²) < 4.78 is 0. The minimum absolute atomic E-state index is 0. The summed E-state index contributed by atoms with van der Waals surface area (Å²) >= 11 is 1.76. The van der Waals surface area contributed by atoms with Crippen molar-refractivity contribution >= 4 is 28.3 Å². The topological polar surface area (TPSA) is 16.1 Å². The van der Waals surface area contributed by atoms with Crippen molar-refractivity contribution in [3.8, 4) is 10.6 Å². The van der Waals surface area contributed by atoms with Crippen LogP contribution in [0.5, 0.6) is 0 Å². The number of hydrogen-bond donors (Lipinski definition) is 0. The molecule has 0 aromatic carbocycles. The van der Waals surface area contributed by atoms with Crippen LogP contribution in [0.4, 0.5) is 0 Å². The molecule has 4 heteroatoms. The largest absolute Gasteiger partial charge is 0.302 e. The summed E-state index contributed by atoms with van der Waals surface area (Å²) in [5.74, 6) is 0. The molecule has 4 heterocycles. The molecule has 0 spiro atoms. The summed E-state index contributed by atoms with van der Waals surface area (Å²) in [6.07, 6.45) is 6.12. The number of halogens is 1. The van der Waals surface area contributed by atoms with Gasteiger partial charge in [-0.2, -0.15) is 0 Å². The van der Waals surface area contributed by atoms with E-state index in [1.54, 1.807) is 11.3 Å². The van der Waals surface area contributed by atoms with Crippen LogP contribution < -0.4 is 0 Å². The summed E-state index contributed by atoms with van der Waals surface area (Å²) in [6.45, 7) is 3.81. The van der Waals surface area contributed by atoms with Gasteiger partial charge < -0.3 is 4.90 Å². The predicted octanol–water partition coefficient (Wildman–Crippen LogP) is 4.13. The highest BCUT2D eigenvalue weighted by Gasteiger charge is 2.42. The summed E-state index contributed by atoms with van der Waals surface area (Å²) in [6, 6.07) is 8.75. The van der Waals surface area contributed by atoms with Crippen LogP contribution in [-0.2, 0) is 5.41 Å². The minimum Gasteiger partial charge on any atom is -0.302 e. The zero-order chi connectivity index (χ0) is 12.7. The Labute approximate surface area is 134 Å². The minimum atomic E-state index is 0. The van der Waals surface area contributed by atoms with Gasteiger partial charge in [-0.1, -0.05) is 12.1 Å². The molecule has 4 rings (SSSR count). The molecule has 0 amide bonds. The standard InChI is InChI=1S/C16H18N2S.BrH/c1-3-15(19-10-1)14-5-4-13(11-17-14)16-6-2-8-18(12-16)9-7-16;/h1,3-5,10-11H,2,6-9,12H2;1H. The number of fused-ring (bicyclic) bond motifs is 2. The first-order valence-corrected chi connectivity index (χ1v) is 7.97. The van der Waals surface area contributed by atoms with E-state index in [1.165, 1.54) is 49.3 Å². The first-order chi connectivity index (χ1) is 9.36. The Morgan fingerprint density at radius 2 is 2.10 bits per heavy atom. The molecule has 2 bridgehead atoms. The Kier molecular flexibility index (Phi) is 3.98. The van der Waals surface area contributed by atoms with Crippen molar-refractivity contribution in [2.75, 3.05) is 19.6 Å². The van der Waals surface area contributed by atoms with E-state index in [1.807, 2.05) is 0 Å². The molecule has 0 aliphatic carbocycles. The smallest absolute Gasteiger partial charge is 0.0801 e. The van der Waals surface area contributed by atoms with Crippen molar-refractivity contribution < 1.29 is 0 Å². The average Bonchev–Trinajstić information content (AvgIpc) is 3.09. The van der Waals surface area contributed by atoms with Crippen molar-refractivity contribution in [2.45, 2.75) is 24.7 Å². The van der Waals surface area contributed by atoms with Crippen LogP contribution in [0.3, 0.4) is 0 Å². The second-order valence-electron chi connectivity index (χ2n) is 5.82. The number of piperidine rings is 1. The number of thiophene rings is 1. The van der Waals surface area contributed by atoms with Crippen LogP contribution in [0.25, 0.3) is 10.6 Å². The van der Waals surface area contributed by atoms with Crippen LogP contribution in [0, 0.1) is 0 Å². The first kappa shape index (κ1) is 14.2. The van der Waals surface area contributed by atoms with Gasteiger partial charge in [0.05, 0.1) is 10.6 Å². The lowest BCUT2D eigenvalue weighted by Gasteiger charge is -2.34.